The van der Waals surface area contributed by atoms with Crippen LogP contribution in [0.2, 0.25) is 0 Å². The first-order chi connectivity index (χ1) is 19.7. The van der Waals surface area contributed by atoms with Crippen LogP contribution in [-0.2, 0) is 11.3 Å². The van der Waals surface area contributed by atoms with E-state index in [1.54, 1.807) is 0 Å². The van der Waals surface area contributed by atoms with Gasteiger partial charge in [-0.3, -0.25) is 0 Å². The monoisotopic (exact) mass is 576 g/mol. The molecular weight excluding hydrogens is 506 g/mol. The molecule has 0 spiro atoms. The van der Waals surface area contributed by atoms with Crippen LogP contribution >= 0.6 is 0 Å². The van der Waals surface area contributed by atoms with E-state index in [0.717, 1.165) is 42.8 Å². The van der Waals surface area contributed by atoms with E-state index in [2.05, 4.69) is 65.2 Å². The van der Waals surface area contributed by atoms with Crippen LogP contribution in [0.3, 0.4) is 0 Å². The topological polar surface area (TPSA) is 60.4 Å². The molecule has 240 valence electrons. The number of carbonyl (C=O) groups excluding carboxylic acids is 1. The van der Waals surface area contributed by atoms with Crippen LogP contribution in [0, 0.1) is 5.92 Å². The molecule has 0 fully saturated rings. The molecule has 0 saturated carbocycles. The fraction of sp³-hybridized carbons (Fsp3) is 0.811. The van der Waals surface area contributed by atoms with Gasteiger partial charge in [0.15, 0.2) is 0 Å². The van der Waals surface area contributed by atoms with E-state index < -0.39 is 5.97 Å². The third-order valence-corrected chi connectivity index (χ3v) is 7.96. The van der Waals surface area contributed by atoms with Gasteiger partial charge in [-0.05, 0) is 25.2 Å². The van der Waals surface area contributed by atoms with Crippen molar-refractivity contribution in [3.63, 3.8) is 0 Å². The molecule has 0 saturated heterocycles. The lowest BCUT2D eigenvalue weighted by Gasteiger charge is -2.32. The maximum Gasteiger partial charge on any atom is 0.105 e. The number of aliphatic carboxylic acids is 1. The molecular formula is C37H69NO3. The van der Waals surface area contributed by atoms with E-state index in [4.69, 9.17) is 0 Å². The highest BCUT2D eigenvalue weighted by molar-refractivity contribution is 5.64. The molecule has 0 aliphatic rings. The van der Waals surface area contributed by atoms with Crippen molar-refractivity contribution in [1.82, 2.24) is 0 Å². The maximum atomic E-state index is 10.3. The lowest BCUT2D eigenvalue weighted by Crippen LogP contribution is -2.44. The van der Waals surface area contributed by atoms with Gasteiger partial charge in [-0.2, -0.15) is 0 Å². The number of hydrogen-bond donors (Lipinski definition) is 1. The number of aliphatic hydroxyl groups is 1. The molecule has 1 aromatic rings. The van der Waals surface area contributed by atoms with Gasteiger partial charge in [0.1, 0.15) is 19.2 Å². The van der Waals surface area contributed by atoms with Crippen LogP contribution in [0.15, 0.2) is 30.3 Å². The highest BCUT2D eigenvalue weighted by Gasteiger charge is 2.20. The molecule has 4 heteroatoms. The fourth-order valence-electron chi connectivity index (χ4n) is 5.55. The third kappa shape index (κ3) is 29.9. The molecule has 0 aliphatic heterocycles. The molecule has 0 bridgehead atoms. The molecule has 1 aromatic carbocycles. The Bertz CT molecular complexity index is 689. The first-order valence-electron chi connectivity index (χ1n) is 17.4. The van der Waals surface area contributed by atoms with E-state index in [9.17, 15) is 15.0 Å². The van der Waals surface area contributed by atoms with Gasteiger partial charge in [0, 0.05) is 11.5 Å². The second kappa shape index (κ2) is 27.4. The van der Waals surface area contributed by atoms with Crippen LogP contribution in [0.1, 0.15) is 161 Å². The first-order valence-corrected chi connectivity index (χ1v) is 17.4. The fourth-order valence-corrected chi connectivity index (χ4v) is 5.55. The van der Waals surface area contributed by atoms with Gasteiger partial charge in [-0.25, -0.2) is 0 Å². The van der Waals surface area contributed by atoms with Gasteiger partial charge in [0.2, 0.25) is 0 Å². The lowest BCUT2D eigenvalue weighted by molar-refractivity contribution is -0.906. The SMILES string of the molecule is CC(C)CCCCCCCCCCCCC(=O)[O-].CCCCCCCCCCC(O)C[N+](C)(C)Cc1ccccc1. The number of quaternary nitrogens is 1. The van der Waals surface area contributed by atoms with Crippen LogP contribution in [0.5, 0.6) is 0 Å². The van der Waals surface area contributed by atoms with Gasteiger partial charge in [-0.1, -0.05) is 167 Å². The van der Waals surface area contributed by atoms with Crippen molar-refractivity contribution in [2.45, 2.75) is 168 Å². The Morgan fingerprint density at radius 1 is 0.707 bits per heavy atom. The number of likely N-dealkylation sites (N-methyl/N-ethyl adjacent to an activating group) is 1. The van der Waals surface area contributed by atoms with Crippen molar-refractivity contribution in [3.8, 4) is 0 Å². The minimum absolute atomic E-state index is 0.172. The zero-order chi connectivity index (χ0) is 30.6. The van der Waals surface area contributed by atoms with E-state index in [0.29, 0.717) is 0 Å². The smallest absolute Gasteiger partial charge is 0.105 e. The molecule has 0 aliphatic carbocycles. The van der Waals surface area contributed by atoms with Crippen molar-refractivity contribution in [2.75, 3.05) is 20.6 Å². The van der Waals surface area contributed by atoms with Crippen molar-refractivity contribution in [3.05, 3.63) is 35.9 Å². The van der Waals surface area contributed by atoms with Gasteiger partial charge in [0.05, 0.1) is 14.1 Å². The summed E-state index contributed by atoms with van der Waals surface area (Å²) in [5.74, 6) is -0.0533. The molecule has 1 rings (SSSR count). The average molecular weight is 576 g/mol. The summed E-state index contributed by atoms with van der Waals surface area (Å²) in [6, 6.07) is 10.6. The minimum atomic E-state index is -0.906. The van der Waals surface area contributed by atoms with Crippen LogP contribution < -0.4 is 5.11 Å². The van der Waals surface area contributed by atoms with Crippen molar-refractivity contribution in [2.24, 2.45) is 5.92 Å². The lowest BCUT2D eigenvalue weighted by atomic mass is 10.0. The summed E-state index contributed by atoms with van der Waals surface area (Å²) in [5, 5.41) is 20.5. The van der Waals surface area contributed by atoms with Gasteiger partial charge in [-0.15, -0.1) is 0 Å². The standard InChI is InChI=1S/C21H38NO.C16H32O2/c1-4-5-6-7-8-9-10-14-17-21(23)19-22(2,3)18-20-15-12-11-13-16-20;1-15(2)13-11-9-7-5-3-4-6-8-10-12-14-16(17)18/h11-13,15-16,21,23H,4-10,14,17-19H2,1-3H3;15H,3-14H2,1-2H3,(H,17,18)/q+1;/p-1. The van der Waals surface area contributed by atoms with Crippen LogP contribution in [-0.4, -0.2) is 42.3 Å². The molecule has 41 heavy (non-hydrogen) atoms. The number of carboxylic acids is 1. The third-order valence-electron chi connectivity index (χ3n) is 7.96. The molecule has 0 heterocycles. The Morgan fingerprint density at radius 3 is 1.61 bits per heavy atom. The number of hydrogen-bond acceptors (Lipinski definition) is 3. The van der Waals surface area contributed by atoms with Gasteiger partial charge in [0.25, 0.3) is 0 Å². The predicted octanol–water partition coefficient (Wildman–Crippen LogP) is 9.23. The summed E-state index contributed by atoms with van der Waals surface area (Å²) in [7, 11) is 4.42. The van der Waals surface area contributed by atoms with E-state index in [-0.39, 0.29) is 12.5 Å². The normalized spacial score (nSPS) is 12.3. The molecule has 0 aromatic heterocycles. The van der Waals surface area contributed by atoms with Gasteiger partial charge >= 0.3 is 0 Å². The molecule has 0 radical (unpaired) electrons. The number of carboxylic acid groups (broad SMARTS) is 1. The average Bonchev–Trinajstić information content (AvgIpc) is 2.91. The second-order valence-electron chi connectivity index (χ2n) is 13.5. The molecule has 0 amide bonds. The Kier molecular flexibility index (Phi) is 26.5. The Labute approximate surface area is 255 Å². The maximum absolute atomic E-state index is 10.3. The number of aliphatic hydroxyl groups excluding tert-OH is 1. The van der Waals surface area contributed by atoms with E-state index in [1.165, 1.54) is 115 Å². The number of rotatable bonds is 26. The van der Waals surface area contributed by atoms with Gasteiger partial charge < -0.3 is 19.5 Å². The number of benzene rings is 1. The summed E-state index contributed by atoms with van der Waals surface area (Å²) < 4.78 is 0.849. The minimum Gasteiger partial charge on any atom is -0.550 e. The number of nitrogens with zero attached hydrogens (tertiary/aromatic N) is 1. The Hall–Kier alpha value is -1.39. The van der Waals surface area contributed by atoms with Crippen LogP contribution in [0.25, 0.3) is 0 Å². The van der Waals surface area contributed by atoms with E-state index >= 15 is 0 Å². The second-order valence-corrected chi connectivity index (χ2v) is 13.5. The van der Waals surface area contributed by atoms with Crippen molar-refractivity contribution >= 4 is 5.97 Å². The highest BCUT2D eigenvalue weighted by atomic mass is 16.4. The number of carbonyl (C=O) groups is 1. The molecule has 1 unspecified atom stereocenters. The Morgan fingerprint density at radius 2 is 1.15 bits per heavy atom. The molecule has 1 N–H and O–H groups in total. The highest BCUT2D eigenvalue weighted by Crippen LogP contribution is 2.15. The predicted molar refractivity (Wildman–Crippen MR) is 176 cm³/mol. The summed E-state index contributed by atoms with van der Waals surface area (Å²) in [5.41, 5.74) is 1.34. The van der Waals surface area contributed by atoms with Crippen molar-refractivity contribution < 1.29 is 19.5 Å². The largest absolute Gasteiger partial charge is 0.550 e. The summed E-state index contributed by atoms with van der Waals surface area (Å²) in [6.45, 7) is 8.67. The zero-order valence-electron chi connectivity index (χ0n) is 28.0. The quantitative estimate of drug-likeness (QED) is 0.0884. The molecule has 4 nitrogen and oxygen atoms in total. The van der Waals surface area contributed by atoms with E-state index in [1.807, 2.05) is 0 Å². The van der Waals surface area contributed by atoms with Crippen LogP contribution in [0.4, 0.5) is 0 Å². The molecule has 1 atom stereocenters. The summed E-state index contributed by atoms with van der Waals surface area (Å²) >= 11 is 0. The summed E-state index contributed by atoms with van der Waals surface area (Å²) in [6.07, 6.45) is 25.5. The number of unbranched alkanes of at least 4 members (excludes halogenated alkanes) is 16. The van der Waals surface area contributed by atoms with Crippen molar-refractivity contribution in [1.29, 1.82) is 0 Å². The summed E-state index contributed by atoms with van der Waals surface area (Å²) in [4.78, 5) is 10.2. The zero-order valence-corrected chi connectivity index (χ0v) is 28.0. The first kappa shape index (κ1) is 39.6. The Balaban J connectivity index is 0.000000807.